The molecule has 1 rings (SSSR count). The van der Waals surface area contributed by atoms with Crippen molar-refractivity contribution >= 4 is 17.7 Å². The van der Waals surface area contributed by atoms with E-state index in [1.165, 1.54) is 0 Å². The van der Waals surface area contributed by atoms with Gasteiger partial charge in [0.2, 0.25) is 0 Å². The molecule has 0 aromatic heterocycles. The Morgan fingerprint density at radius 2 is 1.88 bits per heavy atom. The van der Waals surface area contributed by atoms with Crippen LogP contribution in [0.5, 0.6) is 0 Å². The summed E-state index contributed by atoms with van der Waals surface area (Å²) in [5, 5.41) is 0. The number of ketones is 1. The average Bonchev–Trinajstić information content (AvgIpc) is 1.85. The Hall–Kier alpha value is -1.19. The fourth-order valence-electron chi connectivity index (χ4n) is 0.400. The van der Waals surface area contributed by atoms with E-state index in [9.17, 15) is 14.4 Å². The number of hydrogen-bond acceptors (Lipinski definition) is 4. The summed E-state index contributed by atoms with van der Waals surface area (Å²) in [5.74, 6) is -2.54. The Morgan fingerprint density at radius 3 is 2.00 bits per heavy atom. The molecule has 42 valence electrons. The molecular formula is C4H2O4. The van der Waals surface area contributed by atoms with Crippen molar-refractivity contribution in [1.29, 1.82) is 0 Å². The Balaban J connectivity index is 2.79. The van der Waals surface area contributed by atoms with Gasteiger partial charge in [0, 0.05) is 0 Å². The van der Waals surface area contributed by atoms with Crippen LogP contribution in [0.15, 0.2) is 0 Å². The summed E-state index contributed by atoms with van der Waals surface area (Å²) in [6, 6.07) is 0. The van der Waals surface area contributed by atoms with E-state index in [2.05, 4.69) is 4.74 Å². The zero-order valence-electron chi connectivity index (χ0n) is 3.84. The van der Waals surface area contributed by atoms with Crippen molar-refractivity contribution < 1.29 is 19.1 Å². The minimum absolute atomic E-state index is 0.390. The Labute approximate surface area is 44.4 Å². The minimum atomic E-state index is -1.03. The van der Waals surface area contributed by atoms with E-state index in [1.807, 2.05) is 0 Å². The van der Waals surface area contributed by atoms with Gasteiger partial charge in [-0.3, -0.25) is 9.59 Å². The summed E-state index contributed by atoms with van der Waals surface area (Å²) >= 11 is 0. The lowest BCUT2D eigenvalue weighted by molar-refractivity contribution is -0.154. The van der Waals surface area contributed by atoms with Crippen LogP contribution in [0, 0.1) is 0 Å². The number of carbonyl (C=O) groups is 3. The maximum atomic E-state index is 10.1. The van der Waals surface area contributed by atoms with E-state index in [-0.39, 0.29) is 0 Å². The molecule has 4 heteroatoms. The first kappa shape index (κ1) is 4.96. The van der Waals surface area contributed by atoms with Crippen LogP contribution < -0.4 is 0 Å². The maximum Gasteiger partial charge on any atom is 0.382 e. The van der Waals surface area contributed by atoms with Gasteiger partial charge in [0.25, 0.3) is 5.78 Å². The predicted octanol–water partition coefficient (Wildman–Crippen LogP) is -0.971. The molecule has 0 aromatic rings. The van der Waals surface area contributed by atoms with Gasteiger partial charge >= 0.3 is 11.9 Å². The van der Waals surface area contributed by atoms with Gasteiger partial charge in [-0.15, -0.1) is 0 Å². The highest BCUT2D eigenvalue weighted by atomic mass is 16.6. The van der Waals surface area contributed by atoms with Gasteiger partial charge in [0.15, 0.2) is 0 Å². The number of hydrogen-bond donors (Lipinski definition) is 0. The molecule has 1 heterocycles. The Bertz CT molecular complexity index is 151. The number of esters is 2. The average molecular weight is 114 g/mol. The van der Waals surface area contributed by atoms with Crippen LogP contribution in [0.1, 0.15) is 6.42 Å². The third-order valence-electron chi connectivity index (χ3n) is 0.739. The largest absolute Gasteiger partial charge is 0.387 e. The van der Waals surface area contributed by atoms with E-state index in [0.717, 1.165) is 0 Å². The van der Waals surface area contributed by atoms with E-state index in [4.69, 9.17) is 0 Å². The van der Waals surface area contributed by atoms with Gasteiger partial charge < -0.3 is 4.74 Å². The van der Waals surface area contributed by atoms with Crippen molar-refractivity contribution in [1.82, 2.24) is 0 Å². The molecule has 0 spiro atoms. The summed E-state index contributed by atoms with van der Waals surface area (Å²) in [4.78, 5) is 30.1. The molecule has 8 heavy (non-hydrogen) atoms. The predicted molar refractivity (Wildman–Crippen MR) is 20.7 cm³/mol. The van der Waals surface area contributed by atoms with Gasteiger partial charge in [-0.1, -0.05) is 0 Å². The van der Waals surface area contributed by atoms with Crippen molar-refractivity contribution in [2.24, 2.45) is 0 Å². The topological polar surface area (TPSA) is 60.4 Å². The summed E-state index contributed by atoms with van der Waals surface area (Å²) < 4.78 is 3.85. The molecule has 0 amide bonds. The quantitative estimate of drug-likeness (QED) is 0.231. The third kappa shape index (κ3) is 0.598. The van der Waals surface area contributed by atoms with E-state index in [0.29, 0.717) is 0 Å². The van der Waals surface area contributed by atoms with E-state index < -0.39 is 24.1 Å². The van der Waals surface area contributed by atoms with Crippen LogP contribution in [0.25, 0.3) is 0 Å². The molecule has 1 aliphatic rings. The van der Waals surface area contributed by atoms with Crippen LogP contribution in [0.2, 0.25) is 0 Å². The van der Waals surface area contributed by atoms with Crippen molar-refractivity contribution in [3.8, 4) is 0 Å². The number of carbonyl (C=O) groups excluding carboxylic acids is 3. The van der Waals surface area contributed by atoms with E-state index in [1.54, 1.807) is 0 Å². The lowest BCUT2D eigenvalue weighted by Gasteiger charge is -1.77. The number of cyclic esters (lactones) is 2. The van der Waals surface area contributed by atoms with Gasteiger partial charge in [-0.2, -0.15) is 0 Å². The first-order chi connectivity index (χ1) is 3.70. The smallest absolute Gasteiger partial charge is 0.382 e. The number of Topliss-reactive ketones (excluding diaryl/α,β-unsaturated/α-hetero) is 1. The van der Waals surface area contributed by atoms with Crippen LogP contribution in [0.4, 0.5) is 0 Å². The molecule has 0 aromatic carbocycles. The monoisotopic (exact) mass is 114 g/mol. The molecule has 0 aliphatic carbocycles. The highest BCUT2D eigenvalue weighted by molar-refractivity contribution is 6.42. The molecule has 0 saturated carbocycles. The second-order valence-corrected chi connectivity index (χ2v) is 1.36. The van der Waals surface area contributed by atoms with Gasteiger partial charge in [0.1, 0.15) is 6.42 Å². The van der Waals surface area contributed by atoms with Crippen molar-refractivity contribution in [3.05, 3.63) is 0 Å². The summed E-state index contributed by atoms with van der Waals surface area (Å²) in [6.07, 6.45) is -0.390. The van der Waals surface area contributed by atoms with E-state index >= 15 is 0 Å². The van der Waals surface area contributed by atoms with Gasteiger partial charge in [-0.05, 0) is 0 Å². The fourth-order valence-corrected chi connectivity index (χ4v) is 0.400. The number of ether oxygens (including phenoxy) is 1. The Morgan fingerprint density at radius 1 is 1.25 bits per heavy atom. The zero-order valence-corrected chi connectivity index (χ0v) is 3.84. The standard InChI is InChI=1S/C4H2O4/c5-2-1-3(6)8-4(2)7/h1H2. The zero-order chi connectivity index (χ0) is 6.15. The first-order valence-corrected chi connectivity index (χ1v) is 1.98. The molecule has 0 atom stereocenters. The van der Waals surface area contributed by atoms with Crippen LogP contribution in [-0.2, 0) is 19.1 Å². The molecule has 1 aliphatic heterocycles. The second kappa shape index (κ2) is 1.40. The van der Waals surface area contributed by atoms with Gasteiger partial charge in [-0.25, -0.2) is 4.79 Å². The fraction of sp³-hybridized carbons (Fsp3) is 0.250. The van der Waals surface area contributed by atoms with Crippen molar-refractivity contribution in [2.75, 3.05) is 0 Å². The lowest BCUT2D eigenvalue weighted by atomic mass is 10.3. The second-order valence-electron chi connectivity index (χ2n) is 1.36. The van der Waals surface area contributed by atoms with Crippen molar-refractivity contribution in [3.63, 3.8) is 0 Å². The highest BCUT2D eigenvalue weighted by Gasteiger charge is 2.30. The molecule has 1 fully saturated rings. The SMILES string of the molecule is O=C1CC(=O)C(=O)O1. The molecule has 0 bridgehead atoms. The molecular weight excluding hydrogens is 112 g/mol. The molecule has 0 unspecified atom stereocenters. The van der Waals surface area contributed by atoms with Crippen molar-refractivity contribution in [2.45, 2.75) is 6.42 Å². The maximum absolute atomic E-state index is 10.1. The van der Waals surface area contributed by atoms with Crippen LogP contribution >= 0.6 is 0 Å². The minimum Gasteiger partial charge on any atom is -0.387 e. The highest BCUT2D eigenvalue weighted by Crippen LogP contribution is 1.99. The summed E-state index contributed by atoms with van der Waals surface area (Å²) in [5.41, 5.74) is 0. The van der Waals surface area contributed by atoms with Crippen LogP contribution in [-0.4, -0.2) is 17.7 Å². The third-order valence-corrected chi connectivity index (χ3v) is 0.739. The Kier molecular flexibility index (Phi) is 0.865. The van der Waals surface area contributed by atoms with Crippen LogP contribution in [0.3, 0.4) is 0 Å². The molecule has 4 nitrogen and oxygen atoms in total. The molecule has 0 radical (unpaired) electrons. The lowest BCUT2D eigenvalue weighted by Crippen LogP contribution is -2.03. The summed E-state index contributed by atoms with van der Waals surface area (Å²) in [6.45, 7) is 0. The summed E-state index contributed by atoms with van der Waals surface area (Å²) in [7, 11) is 0. The molecule has 0 N–H and O–H groups in total. The first-order valence-electron chi connectivity index (χ1n) is 1.98. The van der Waals surface area contributed by atoms with Gasteiger partial charge in [0.05, 0.1) is 0 Å². The number of rotatable bonds is 0. The normalized spacial score (nSPS) is 19.2. The molecule has 1 saturated heterocycles.